The van der Waals surface area contributed by atoms with E-state index in [-0.39, 0.29) is 23.6 Å². The monoisotopic (exact) mass is 303 g/mol. The normalized spacial score (nSPS) is 10.3. The molecule has 0 spiro atoms. The third-order valence-electron chi connectivity index (χ3n) is 2.88. The van der Waals surface area contributed by atoms with Gasteiger partial charge in [-0.1, -0.05) is 0 Å². The lowest BCUT2D eigenvalue weighted by Gasteiger charge is -2.09. The molecule has 0 atom stereocenters. The first-order chi connectivity index (χ1) is 10.4. The Kier molecular flexibility index (Phi) is 4.36. The van der Waals surface area contributed by atoms with Gasteiger partial charge in [0, 0.05) is 24.4 Å². The Morgan fingerprint density at radius 1 is 1.23 bits per heavy atom. The number of ether oxygens (including phenoxy) is 2. The molecular formula is C15H13NO6. The van der Waals surface area contributed by atoms with Crippen molar-refractivity contribution in [2.24, 2.45) is 0 Å². The summed E-state index contributed by atoms with van der Waals surface area (Å²) < 4.78 is 9.97. The molecule has 0 N–H and O–H groups in total. The molecule has 0 aromatic heterocycles. The molecule has 0 radical (unpaired) electrons. The highest BCUT2D eigenvalue weighted by atomic mass is 16.6. The fraction of sp³-hybridized carbons (Fsp3) is 0.200. The van der Waals surface area contributed by atoms with E-state index in [0.717, 1.165) is 0 Å². The largest absolute Gasteiger partial charge is 0.462 e. The van der Waals surface area contributed by atoms with Crippen molar-refractivity contribution < 1.29 is 24.0 Å². The Morgan fingerprint density at radius 2 is 1.95 bits per heavy atom. The van der Waals surface area contributed by atoms with Crippen LogP contribution in [0.5, 0.6) is 5.75 Å². The molecule has 0 saturated carbocycles. The van der Waals surface area contributed by atoms with Crippen LogP contribution in [0.15, 0.2) is 30.3 Å². The van der Waals surface area contributed by atoms with Gasteiger partial charge in [-0.2, -0.15) is 0 Å². The first-order valence-corrected chi connectivity index (χ1v) is 6.50. The van der Waals surface area contributed by atoms with E-state index in [0.29, 0.717) is 10.8 Å². The number of rotatable bonds is 4. The van der Waals surface area contributed by atoms with Crippen molar-refractivity contribution in [1.29, 1.82) is 0 Å². The third kappa shape index (κ3) is 3.20. The molecular weight excluding hydrogens is 290 g/mol. The molecule has 0 saturated heterocycles. The topological polar surface area (TPSA) is 95.7 Å². The van der Waals surface area contributed by atoms with Gasteiger partial charge >= 0.3 is 11.9 Å². The van der Waals surface area contributed by atoms with Gasteiger partial charge in [0.1, 0.15) is 5.75 Å². The number of nitro benzene ring substituents is 1. The Bertz CT molecular complexity index is 768. The third-order valence-corrected chi connectivity index (χ3v) is 2.88. The molecule has 2 rings (SSSR count). The maximum atomic E-state index is 11.8. The number of benzene rings is 2. The highest BCUT2D eigenvalue weighted by Crippen LogP contribution is 2.31. The van der Waals surface area contributed by atoms with Gasteiger partial charge in [0.15, 0.2) is 0 Å². The molecule has 2 aromatic carbocycles. The summed E-state index contributed by atoms with van der Waals surface area (Å²) in [5.41, 5.74) is 0.0734. The fourth-order valence-corrected chi connectivity index (χ4v) is 2.00. The van der Waals surface area contributed by atoms with Gasteiger partial charge in [-0.3, -0.25) is 14.9 Å². The number of non-ortho nitro benzene ring substituents is 1. The lowest BCUT2D eigenvalue weighted by Crippen LogP contribution is -2.07. The minimum atomic E-state index is -0.589. The van der Waals surface area contributed by atoms with Crippen LogP contribution in [0.2, 0.25) is 0 Å². The minimum Gasteiger partial charge on any atom is -0.462 e. The second-order valence-electron chi connectivity index (χ2n) is 4.45. The highest BCUT2D eigenvalue weighted by Gasteiger charge is 2.16. The Balaban J connectivity index is 2.64. The Labute approximate surface area is 125 Å². The summed E-state index contributed by atoms with van der Waals surface area (Å²) >= 11 is 0. The van der Waals surface area contributed by atoms with Crippen LogP contribution in [-0.2, 0) is 9.53 Å². The summed E-state index contributed by atoms with van der Waals surface area (Å²) in [6.07, 6.45) is 0. The van der Waals surface area contributed by atoms with E-state index in [2.05, 4.69) is 0 Å². The zero-order valence-corrected chi connectivity index (χ0v) is 12.0. The first-order valence-electron chi connectivity index (χ1n) is 6.50. The summed E-state index contributed by atoms with van der Waals surface area (Å²) in [5.74, 6) is -1.07. The second kappa shape index (κ2) is 6.21. The number of hydrogen-bond acceptors (Lipinski definition) is 6. The van der Waals surface area contributed by atoms with Crippen LogP contribution in [0.4, 0.5) is 5.69 Å². The average molecular weight is 303 g/mol. The Hall–Kier alpha value is -2.96. The molecule has 22 heavy (non-hydrogen) atoms. The molecule has 0 heterocycles. The van der Waals surface area contributed by atoms with E-state index in [1.165, 1.54) is 37.3 Å². The van der Waals surface area contributed by atoms with Crippen LogP contribution in [0.1, 0.15) is 24.2 Å². The van der Waals surface area contributed by atoms with E-state index >= 15 is 0 Å². The Morgan fingerprint density at radius 3 is 2.55 bits per heavy atom. The first kappa shape index (κ1) is 15.4. The predicted molar refractivity (Wildman–Crippen MR) is 77.9 cm³/mol. The van der Waals surface area contributed by atoms with Crippen LogP contribution < -0.4 is 4.74 Å². The lowest BCUT2D eigenvalue weighted by atomic mass is 10.0. The second-order valence-corrected chi connectivity index (χ2v) is 4.45. The standard InChI is InChI=1S/C15H13NO6/c1-3-21-15(18)11-6-10-4-5-12(16(19)20)8-13(10)14(7-11)22-9(2)17/h4-8H,3H2,1-2H3. The smallest absolute Gasteiger partial charge is 0.338 e. The van der Waals surface area contributed by atoms with Crippen molar-refractivity contribution in [3.05, 3.63) is 46.0 Å². The number of nitro groups is 1. The average Bonchev–Trinajstić information content (AvgIpc) is 2.46. The molecule has 2 aromatic rings. The van der Waals surface area contributed by atoms with Crippen molar-refractivity contribution in [2.75, 3.05) is 6.61 Å². The molecule has 0 aliphatic rings. The van der Waals surface area contributed by atoms with E-state index in [1.54, 1.807) is 6.92 Å². The highest BCUT2D eigenvalue weighted by molar-refractivity contribution is 5.99. The number of nitrogens with zero attached hydrogens (tertiary/aromatic N) is 1. The molecule has 7 heteroatoms. The summed E-state index contributed by atoms with van der Waals surface area (Å²) in [6.45, 7) is 3.09. The van der Waals surface area contributed by atoms with Gasteiger partial charge < -0.3 is 9.47 Å². The molecule has 114 valence electrons. The van der Waals surface area contributed by atoms with Gasteiger partial charge in [-0.25, -0.2) is 4.79 Å². The zero-order chi connectivity index (χ0) is 16.3. The molecule has 7 nitrogen and oxygen atoms in total. The van der Waals surface area contributed by atoms with Gasteiger partial charge in [-0.05, 0) is 30.5 Å². The van der Waals surface area contributed by atoms with Crippen LogP contribution >= 0.6 is 0 Å². The van der Waals surface area contributed by atoms with E-state index in [4.69, 9.17) is 9.47 Å². The van der Waals surface area contributed by atoms with Crippen molar-refractivity contribution in [1.82, 2.24) is 0 Å². The molecule has 0 aliphatic heterocycles. The van der Waals surface area contributed by atoms with Crippen molar-refractivity contribution in [2.45, 2.75) is 13.8 Å². The maximum Gasteiger partial charge on any atom is 0.338 e. The fourth-order valence-electron chi connectivity index (χ4n) is 2.00. The van der Waals surface area contributed by atoms with Crippen LogP contribution in [-0.4, -0.2) is 23.5 Å². The number of carbonyl (C=O) groups excluding carboxylic acids is 2. The predicted octanol–water partition coefficient (Wildman–Crippen LogP) is 2.85. The van der Waals surface area contributed by atoms with E-state index < -0.39 is 16.9 Å². The van der Waals surface area contributed by atoms with Gasteiger partial charge in [-0.15, -0.1) is 0 Å². The number of carbonyl (C=O) groups is 2. The quantitative estimate of drug-likeness (QED) is 0.373. The summed E-state index contributed by atoms with van der Waals surface area (Å²) in [7, 11) is 0. The molecule has 0 bridgehead atoms. The maximum absolute atomic E-state index is 11.8. The van der Waals surface area contributed by atoms with Crippen molar-refractivity contribution in [3.63, 3.8) is 0 Å². The summed E-state index contributed by atoms with van der Waals surface area (Å²) in [5, 5.41) is 11.8. The van der Waals surface area contributed by atoms with Gasteiger partial charge in [0.2, 0.25) is 0 Å². The van der Waals surface area contributed by atoms with Crippen molar-refractivity contribution >= 4 is 28.4 Å². The van der Waals surface area contributed by atoms with Crippen LogP contribution in [0.3, 0.4) is 0 Å². The van der Waals surface area contributed by atoms with Gasteiger partial charge in [0.05, 0.1) is 17.1 Å². The summed E-state index contributed by atoms with van der Waals surface area (Å²) in [4.78, 5) is 33.4. The van der Waals surface area contributed by atoms with Crippen LogP contribution in [0.25, 0.3) is 10.8 Å². The zero-order valence-electron chi connectivity index (χ0n) is 12.0. The molecule has 0 amide bonds. The SMILES string of the molecule is CCOC(=O)c1cc(OC(C)=O)c2cc([N+](=O)[O-])ccc2c1. The molecule has 0 unspecified atom stereocenters. The van der Waals surface area contributed by atoms with Crippen molar-refractivity contribution in [3.8, 4) is 5.75 Å². The molecule has 0 aliphatic carbocycles. The number of fused-ring (bicyclic) bond motifs is 1. The lowest BCUT2D eigenvalue weighted by molar-refractivity contribution is -0.384. The number of esters is 2. The molecule has 0 fully saturated rings. The van der Waals surface area contributed by atoms with E-state index in [9.17, 15) is 19.7 Å². The van der Waals surface area contributed by atoms with Crippen LogP contribution in [0, 0.1) is 10.1 Å². The minimum absolute atomic E-state index is 0.0803. The van der Waals surface area contributed by atoms with E-state index in [1.807, 2.05) is 0 Å². The summed E-state index contributed by atoms with van der Waals surface area (Å²) in [6, 6.07) is 6.97. The number of hydrogen-bond donors (Lipinski definition) is 0. The van der Waals surface area contributed by atoms with Gasteiger partial charge in [0.25, 0.3) is 5.69 Å².